The summed E-state index contributed by atoms with van der Waals surface area (Å²) in [5, 5.41) is 0.811. The van der Waals surface area contributed by atoms with E-state index < -0.39 is 0 Å². The monoisotopic (exact) mass is 314 g/mol. The molecule has 0 spiro atoms. The number of halogens is 1. The summed E-state index contributed by atoms with van der Waals surface area (Å²) in [5.74, 6) is 2.29. The molecule has 0 saturated heterocycles. The van der Waals surface area contributed by atoms with E-state index in [1.54, 1.807) is 0 Å². The van der Waals surface area contributed by atoms with Gasteiger partial charge in [0.2, 0.25) is 0 Å². The average Bonchev–Trinajstić information content (AvgIpc) is 3.20. The van der Waals surface area contributed by atoms with E-state index in [0.717, 1.165) is 29.4 Å². The van der Waals surface area contributed by atoms with Crippen LogP contribution in [0.4, 0.5) is 0 Å². The van der Waals surface area contributed by atoms with Gasteiger partial charge < -0.3 is 14.2 Å². The van der Waals surface area contributed by atoms with E-state index in [1.807, 2.05) is 25.1 Å². The molecule has 2 rings (SSSR count). The molecule has 1 aliphatic rings. The molecule has 0 unspecified atom stereocenters. The van der Waals surface area contributed by atoms with Gasteiger partial charge in [-0.05, 0) is 43.4 Å². The van der Waals surface area contributed by atoms with E-state index in [2.05, 4.69) is 15.9 Å². The summed E-state index contributed by atoms with van der Waals surface area (Å²) < 4.78 is 16.6. The maximum Gasteiger partial charge on any atom is 0.189 e. The van der Waals surface area contributed by atoms with Gasteiger partial charge in [-0.15, -0.1) is 0 Å². The van der Waals surface area contributed by atoms with Crippen LogP contribution in [0.2, 0.25) is 0 Å². The normalized spacial score (nSPS) is 14.6. The van der Waals surface area contributed by atoms with Gasteiger partial charge in [-0.2, -0.15) is 0 Å². The van der Waals surface area contributed by atoms with Gasteiger partial charge in [-0.3, -0.25) is 0 Å². The van der Waals surface area contributed by atoms with Crippen molar-refractivity contribution < 1.29 is 14.2 Å². The molecular weight excluding hydrogens is 296 g/mol. The third-order valence-electron chi connectivity index (χ3n) is 2.81. The Morgan fingerprint density at radius 1 is 1.22 bits per heavy atom. The molecule has 3 nitrogen and oxygen atoms in total. The Hall–Kier alpha value is -0.740. The molecule has 1 aromatic rings. The van der Waals surface area contributed by atoms with Gasteiger partial charge in [0.25, 0.3) is 0 Å². The fourth-order valence-electron chi connectivity index (χ4n) is 1.63. The molecule has 0 amide bonds. The minimum absolute atomic E-state index is 0.296. The standard InChI is InChI=1S/C14H19BrO3/c1-2-17-14-7-12(8-15)5-6-13(14)18-10-16-9-11-3-4-11/h5-7,11H,2-4,8-10H2,1H3. The van der Waals surface area contributed by atoms with Crippen LogP contribution in [0.1, 0.15) is 25.3 Å². The summed E-state index contributed by atoms with van der Waals surface area (Å²) in [6.07, 6.45) is 2.59. The van der Waals surface area contributed by atoms with Gasteiger partial charge in [0, 0.05) is 5.33 Å². The van der Waals surface area contributed by atoms with Gasteiger partial charge in [-0.25, -0.2) is 0 Å². The topological polar surface area (TPSA) is 27.7 Å². The molecule has 100 valence electrons. The van der Waals surface area contributed by atoms with Crippen LogP contribution in [0.3, 0.4) is 0 Å². The van der Waals surface area contributed by atoms with Crippen LogP contribution < -0.4 is 9.47 Å². The second kappa shape index (κ2) is 7.00. The first-order valence-electron chi connectivity index (χ1n) is 6.35. The largest absolute Gasteiger partial charge is 0.490 e. The predicted octanol–water partition coefficient (Wildman–Crippen LogP) is 3.74. The van der Waals surface area contributed by atoms with Crippen LogP contribution in [0, 0.1) is 5.92 Å². The smallest absolute Gasteiger partial charge is 0.189 e. The lowest BCUT2D eigenvalue weighted by Gasteiger charge is -2.13. The van der Waals surface area contributed by atoms with E-state index in [4.69, 9.17) is 14.2 Å². The van der Waals surface area contributed by atoms with Crippen LogP contribution >= 0.6 is 15.9 Å². The molecule has 0 N–H and O–H groups in total. The number of alkyl halides is 1. The lowest BCUT2D eigenvalue weighted by Crippen LogP contribution is -2.06. The quantitative estimate of drug-likeness (QED) is 0.415. The average molecular weight is 315 g/mol. The van der Waals surface area contributed by atoms with Crippen molar-refractivity contribution in [3.05, 3.63) is 23.8 Å². The Labute approximate surface area is 117 Å². The van der Waals surface area contributed by atoms with Crippen molar-refractivity contribution in [3.8, 4) is 11.5 Å². The molecular formula is C14H19BrO3. The lowest BCUT2D eigenvalue weighted by atomic mass is 10.2. The molecule has 0 aliphatic heterocycles. The van der Waals surface area contributed by atoms with Crippen LogP contribution in [0.15, 0.2) is 18.2 Å². The van der Waals surface area contributed by atoms with Crippen LogP contribution in [0.25, 0.3) is 0 Å². The maximum absolute atomic E-state index is 5.60. The highest BCUT2D eigenvalue weighted by Crippen LogP contribution is 2.30. The van der Waals surface area contributed by atoms with Gasteiger partial charge in [0.15, 0.2) is 18.3 Å². The van der Waals surface area contributed by atoms with Gasteiger partial charge >= 0.3 is 0 Å². The SMILES string of the molecule is CCOc1cc(CBr)ccc1OCOCC1CC1. The van der Waals surface area contributed by atoms with Crippen molar-refractivity contribution in [2.45, 2.75) is 25.1 Å². The van der Waals surface area contributed by atoms with Crippen LogP contribution in [-0.2, 0) is 10.1 Å². The molecule has 0 aromatic heterocycles. The van der Waals surface area contributed by atoms with E-state index in [1.165, 1.54) is 18.4 Å². The maximum atomic E-state index is 5.60. The number of hydrogen-bond donors (Lipinski definition) is 0. The highest BCUT2D eigenvalue weighted by atomic mass is 79.9. The Morgan fingerprint density at radius 2 is 2.06 bits per heavy atom. The summed E-state index contributed by atoms with van der Waals surface area (Å²) in [5.41, 5.74) is 1.17. The van der Waals surface area contributed by atoms with E-state index in [-0.39, 0.29) is 0 Å². The third-order valence-corrected chi connectivity index (χ3v) is 3.46. The second-order valence-corrected chi connectivity index (χ2v) is 4.98. The molecule has 1 aromatic carbocycles. The molecule has 0 atom stereocenters. The highest BCUT2D eigenvalue weighted by molar-refractivity contribution is 9.08. The Morgan fingerprint density at radius 3 is 2.72 bits per heavy atom. The Bertz CT molecular complexity index is 377. The predicted molar refractivity (Wildman–Crippen MR) is 74.4 cm³/mol. The van der Waals surface area contributed by atoms with Crippen molar-refractivity contribution in [2.75, 3.05) is 20.0 Å². The molecule has 18 heavy (non-hydrogen) atoms. The minimum atomic E-state index is 0.296. The summed E-state index contributed by atoms with van der Waals surface area (Å²) in [7, 11) is 0. The van der Waals surface area contributed by atoms with Crippen molar-refractivity contribution in [1.82, 2.24) is 0 Å². The van der Waals surface area contributed by atoms with Gasteiger partial charge in [0.05, 0.1) is 13.2 Å². The summed E-state index contributed by atoms with van der Waals surface area (Å²) >= 11 is 3.43. The first kappa shape index (κ1) is 13.7. The van der Waals surface area contributed by atoms with Gasteiger partial charge in [0.1, 0.15) is 0 Å². The van der Waals surface area contributed by atoms with E-state index >= 15 is 0 Å². The fraction of sp³-hybridized carbons (Fsp3) is 0.571. The van der Waals surface area contributed by atoms with Gasteiger partial charge in [-0.1, -0.05) is 22.0 Å². The van der Waals surface area contributed by atoms with Crippen molar-refractivity contribution in [3.63, 3.8) is 0 Å². The number of rotatable bonds is 8. The summed E-state index contributed by atoms with van der Waals surface area (Å²) in [6.45, 7) is 3.70. The first-order chi connectivity index (χ1) is 8.83. The molecule has 0 bridgehead atoms. The second-order valence-electron chi connectivity index (χ2n) is 4.42. The van der Waals surface area contributed by atoms with E-state index in [9.17, 15) is 0 Å². The summed E-state index contributed by atoms with van der Waals surface area (Å²) in [6, 6.07) is 5.95. The Balaban J connectivity index is 1.87. The number of hydrogen-bond acceptors (Lipinski definition) is 3. The zero-order chi connectivity index (χ0) is 12.8. The summed E-state index contributed by atoms with van der Waals surface area (Å²) in [4.78, 5) is 0. The lowest BCUT2D eigenvalue weighted by molar-refractivity contribution is 0.00839. The molecule has 1 aliphatic carbocycles. The molecule has 4 heteroatoms. The van der Waals surface area contributed by atoms with Crippen molar-refractivity contribution >= 4 is 15.9 Å². The zero-order valence-electron chi connectivity index (χ0n) is 10.7. The zero-order valence-corrected chi connectivity index (χ0v) is 12.2. The highest BCUT2D eigenvalue weighted by Gasteiger charge is 2.21. The first-order valence-corrected chi connectivity index (χ1v) is 7.48. The van der Waals surface area contributed by atoms with E-state index in [0.29, 0.717) is 13.4 Å². The fourth-order valence-corrected chi connectivity index (χ4v) is 1.98. The number of ether oxygens (including phenoxy) is 3. The number of benzene rings is 1. The molecule has 1 saturated carbocycles. The third kappa shape index (κ3) is 4.18. The molecule has 0 radical (unpaired) electrons. The molecule has 0 heterocycles. The minimum Gasteiger partial charge on any atom is -0.490 e. The molecule has 1 fully saturated rings. The van der Waals surface area contributed by atoms with Crippen molar-refractivity contribution in [2.24, 2.45) is 5.92 Å². The van der Waals surface area contributed by atoms with Crippen LogP contribution in [0.5, 0.6) is 11.5 Å². The Kier molecular flexibility index (Phi) is 5.32. The van der Waals surface area contributed by atoms with Crippen LogP contribution in [-0.4, -0.2) is 20.0 Å². The van der Waals surface area contributed by atoms with Crippen molar-refractivity contribution in [1.29, 1.82) is 0 Å².